The fourth-order valence-corrected chi connectivity index (χ4v) is 3.73. The van der Waals surface area contributed by atoms with Crippen LogP contribution in [0, 0.1) is 0 Å². The Balaban J connectivity index is 1.70. The van der Waals surface area contributed by atoms with Crippen molar-refractivity contribution in [3.05, 3.63) is 60.2 Å². The van der Waals surface area contributed by atoms with Crippen molar-refractivity contribution in [3.8, 4) is 5.75 Å². The molecule has 1 heterocycles. The minimum Gasteiger partial charge on any atom is -0.492 e. The van der Waals surface area contributed by atoms with E-state index < -0.39 is 9.84 Å². The van der Waals surface area contributed by atoms with Gasteiger partial charge in [-0.15, -0.1) is 0 Å². The number of amides is 1. The van der Waals surface area contributed by atoms with Gasteiger partial charge in [0, 0.05) is 18.0 Å². The van der Waals surface area contributed by atoms with E-state index in [4.69, 9.17) is 4.74 Å². The summed E-state index contributed by atoms with van der Waals surface area (Å²) in [5, 5.41) is 2.99. The van der Waals surface area contributed by atoms with Crippen molar-refractivity contribution in [1.82, 2.24) is 4.90 Å². The van der Waals surface area contributed by atoms with E-state index in [2.05, 4.69) is 10.2 Å². The van der Waals surface area contributed by atoms with E-state index in [1.165, 1.54) is 6.26 Å². The monoisotopic (exact) mass is 402 g/mol. The molecule has 1 N–H and O–H groups in total. The maximum atomic E-state index is 13.1. The van der Waals surface area contributed by atoms with Crippen molar-refractivity contribution < 1.29 is 17.9 Å². The van der Waals surface area contributed by atoms with E-state index in [1.807, 2.05) is 30.3 Å². The normalized spacial score (nSPS) is 15.9. The molecule has 6 nitrogen and oxygen atoms in total. The molecular weight excluding hydrogens is 376 g/mol. The highest BCUT2D eigenvalue weighted by atomic mass is 32.2. The number of likely N-dealkylation sites (tertiary alicyclic amines) is 1. The molecule has 0 bridgehead atoms. The highest BCUT2D eigenvalue weighted by Gasteiger charge is 2.29. The fourth-order valence-electron chi connectivity index (χ4n) is 3.35. The zero-order chi connectivity index (χ0) is 20.0. The Hall–Kier alpha value is -2.38. The highest BCUT2D eigenvalue weighted by Crippen LogP contribution is 2.27. The molecular formula is C21H26N2O4S. The topological polar surface area (TPSA) is 75.7 Å². The molecule has 150 valence electrons. The van der Waals surface area contributed by atoms with Gasteiger partial charge in [-0.1, -0.05) is 36.4 Å². The van der Waals surface area contributed by atoms with Gasteiger partial charge < -0.3 is 10.1 Å². The van der Waals surface area contributed by atoms with Crippen LogP contribution in [0.25, 0.3) is 0 Å². The van der Waals surface area contributed by atoms with Gasteiger partial charge in [-0.3, -0.25) is 9.69 Å². The summed E-state index contributed by atoms with van der Waals surface area (Å²) in [6, 6.07) is 16.5. The Morgan fingerprint density at radius 2 is 1.82 bits per heavy atom. The molecule has 2 aromatic carbocycles. The second-order valence-electron chi connectivity index (χ2n) is 7.05. The SMILES string of the molecule is CS(=O)(=O)CCOc1cccc(NC(=O)C(c2ccccc2)N2CCCC2)c1. The summed E-state index contributed by atoms with van der Waals surface area (Å²) in [6.07, 6.45) is 3.37. The van der Waals surface area contributed by atoms with Crippen molar-refractivity contribution in [3.63, 3.8) is 0 Å². The Kier molecular flexibility index (Phi) is 6.70. The van der Waals surface area contributed by atoms with Crippen molar-refractivity contribution in [2.75, 3.05) is 37.0 Å². The fraction of sp³-hybridized carbons (Fsp3) is 0.381. The van der Waals surface area contributed by atoms with Crippen LogP contribution in [0.3, 0.4) is 0 Å². The number of hydrogen-bond acceptors (Lipinski definition) is 5. The van der Waals surface area contributed by atoms with Crippen LogP contribution >= 0.6 is 0 Å². The average molecular weight is 403 g/mol. The molecule has 7 heteroatoms. The molecule has 0 saturated carbocycles. The smallest absolute Gasteiger partial charge is 0.246 e. The van der Waals surface area contributed by atoms with Gasteiger partial charge in [-0.05, 0) is 43.6 Å². The first-order valence-corrected chi connectivity index (χ1v) is 11.5. The Labute approximate surface area is 166 Å². The number of hydrogen-bond donors (Lipinski definition) is 1. The summed E-state index contributed by atoms with van der Waals surface area (Å²) in [5.41, 5.74) is 1.60. The molecule has 0 radical (unpaired) electrons. The number of rotatable bonds is 8. The van der Waals surface area contributed by atoms with E-state index in [0.717, 1.165) is 31.5 Å². The predicted molar refractivity (Wildman–Crippen MR) is 110 cm³/mol. The summed E-state index contributed by atoms with van der Waals surface area (Å²) >= 11 is 0. The van der Waals surface area contributed by atoms with Crippen LogP contribution in [-0.2, 0) is 14.6 Å². The van der Waals surface area contributed by atoms with Crippen molar-refractivity contribution in [1.29, 1.82) is 0 Å². The minimum absolute atomic E-state index is 0.0470. The summed E-state index contributed by atoms with van der Waals surface area (Å²) in [4.78, 5) is 15.3. The molecule has 0 aromatic heterocycles. The number of nitrogens with one attached hydrogen (secondary N) is 1. The van der Waals surface area contributed by atoms with Gasteiger partial charge in [-0.2, -0.15) is 0 Å². The third kappa shape index (κ3) is 5.81. The van der Waals surface area contributed by atoms with Gasteiger partial charge >= 0.3 is 0 Å². The van der Waals surface area contributed by atoms with Crippen molar-refractivity contribution >= 4 is 21.4 Å². The molecule has 1 aliphatic heterocycles. The summed E-state index contributed by atoms with van der Waals surface area (Å²) in [5.74, 6) is 0.398. The van der Waals surface area contributed by atoms with E-state index in [1.54, 1.807) is 24.3 Å². The van der Waals surface area contributed by atoms with E-state index in [0.29, 0.717) is 11.4 Å². The van der Waals surface area contributed by atoms with Crippen LogP contribution in [0.15, 0.2) is 54.6 Å². The van der Waals surface area contributed by atoms with Gasteiger partial charge in [0.2, 0.25) is 5.91 Å². The maximum absolute atomic E-state index is 13.1. The van der Waals surface area contributed by atoms with E-state index >= 15 is 0 Å². The number of carbonyl (C=O) groups excluding carboxylic acids is 1. The summed E-state index contributed by atoms with van der Waals surface area (Å²) in [6.45, 7) is 1.89. The number of carbonyl (C=O) groups is 1. The molecule has 28 heavy (non-hydrogen) atoms. The van der Waals surface area contributed by atoms with E-state index in [9.17, 15) is 13.2 Å². The van der Waals surface area contributed by atoms with Gasteiger partial charge in [0.1, 0.15) is 18.4 Å². The van der Waals surface area contributed by atoms with Crippen LogP contribution in [0.4, 0.5) is 5.69 Å². The first kappa shape index (κ1) is 20.4. The molecule has 2 aromatic rings. The largest absolute Gasteiger partial charge is 0.492 e. The molecule has 1 unspecified atom stereocenters. The lowest BCUT2D eigenvalue weighted by Gasteiger charge is -2.27. The number of anilines is 1. The lowest BCUT2D eigenvalue weighted by atomic mass is 10.0. The quantitative estimate of drug-likeness (QED) is 0.735. The molecule has 0 aliphatic carbocycles. The maximum Gasteiger partial charge on any atom is 0.246 e. The summed E-state index contributed by atoms with van der Waals surface area (Å²) in [7, 11) is -3.08. The lowest BCUT2D eigenvalue weighted by molar-refractivity contribution is -0.121. The molecule has 3 rings (SSSR count). The zero-order valence-corrected chi connectivity index (χ0v) is 16.8. The number of sulfone groups is 1. The Morgan fingerprint density at radius 3 is 2.50 bits per heavy atom. The van der Waals surface area contributed by atoms with Gasteiger partial charge in [0.15, 0.2) is 9.84 Å². The van der Waals surface area contributed by atoms with Crippen LogP contribution < -0.4 is 10.1 Å². The van der Waals surface area contributed by atoms with Crippen LogP contribution in [-0.4, -0.2) is 50.9 Å². The molecule has 1 atom stereocenters. The second-order valence-corrected chi connectivity index (χ2v) is 9.31. The van der Waals surface area contributed by atoms with Crippen LogP contribution in [0.5, 0.6) is 5.75 Å². The third-order valence-corrected chi connectivity index (χ3v) is 5.60. The second kappa shape index (κ2) is 9.21. The van der Waals surface area contributed by atoms with Crippen LogP contribution in [0.1, 0.15) is 24.4 Å². The zero-order valence-electron chi connectivity index (χ0n) is 16.0. The molecule has 1 fully saturated rings. The van der Waals surface area contributed by atoms with Gasteiger partial charge in [0.05, 0.1) is 5.75 Å². The predicted octanol–water partition coefficient (Wildman–Crippen LogP) is 2.89. The number of benzene rings is 2. The minimum atomic E-state index is -3.08. The molecule has 1 amide bonds. The molecule has 0 spiro atoms. The standard InChI is InChI=1S/C21H26N2O4S/c1-28(25,26)15-14-27-19-11-7-10-18(16-19)22-21(24)20(23-12-5-6-13-23)17-8-3-2-4-9-17/h2-4,7-11,16,20H,5-6,12-15H2,1H3,(H,22,24). The van der Waals surface area contributed by atoms with Gasteiger partial charge in [-0.25, -0.2) is 8.42 Å². The van der Waals surface area contributed by atoms with Crippen LogP contribution in [0.2, 0.25) is 0 Å². The lowest BCUT2D eigenvalue weighted by Crippen LogP contribution is -2.35. The Morgan fingerprint density at radius 1 is 1.11 bits per heavy atom. The average Bonchev–Trinajstić information content (AvgIpc) is 3.16. The molecule has 1 aliphatic rings. The first-order valence-electron chi connectivity index (χ1n) is 9.43. The summed E-state index contributed by atoms with van der Waals surface area (Å²) < 4.78 is 28.0. The van der Waals surface area contributed by atoms with E-state index in [-0.39, 0.29) is 24.3 Å². The van der Waals surface area contributed by atoms with Crippen molar-refractivity contribution in [2.45, 2.75) is 18.9 Å². The number of nitrogens with zero attached hydrogens (tertiary/aromatic N) is 1. The number of ether oxygens (including phenoxy) is 1. The molecule has 1 saturated heterocycles. The first-order chi connectivity index (χ1) is 13.4. The van der Waals surface area contributed by atoms with Crippen molar-refractivity contribution in [2.24, 2.45) is 0 Å². The van der Waals surface area contributed by atoms with Gasteiger partial charge in [0.25, 0.3) is 0 Å². The Bertz CT molecular complexity index is 894. The highest BCUT2D eigenvalue weighted by molar-refractivity contribution is 7.90. The third-order valence-electron chi connectivity index (χ3n) is 4.69.